The van der Waals surface area contributed by atoms with Gasteiger partial charge in [-0.3, -0.25) is 14.4 Å². The molecule has 0 rings (SSSR count). The molecule has 0 aromatic rings. The topological polar surface area (TPSA) is 78.9 Å². The molecule has 0 heterocycles. The van der Waals surface area contributed by atoms with Crippen molar-refractivity contribution in [3.8, 4) is 0 Å². The van der Waals surface area contributed by atoms with Gasteiger partial charge in [-0.2, -0.15) is 0 Å². The molecular formula is C54H104O6. The Morgan fingerprint density at radius 1 is 0.267 bits per heavy atom. The molecule has 1 atom stereocenters. The zero-order chi connectivity index (χ0) is 43.7. The number of unbranched alkanes of at least 4 members (excludes halogenated alkanes) is 39. The maximum atomic E-state index is 12.8. The van der Waals surface area contributed by atoms with Crippen LogP contribution in [0.25, 0.3) is 0 Å². The third-order valence-corrected chi connectivity index (χ3v) is 12.4. The quantitative estimate of drug-likeness (QED) is 0.0345. The molecule has 0 amide bonds. The second-order valence-electron chi connectivity index (χ2n) is 18.5. The van der Waals surface area contributed by atoms with Crippen LogP contribution < -0.4 is 0 Å². The number of hydrogen-bond donors (Lipinski definition) is 0. The first-order valence-corrected chi connectivity index (χ1v) is 27.0. The van der Waals surface area contributed by atoms with Crippen molar-refractivity contribution in [2.75, 3.05) is 13.2 Å². The van der Waals surface area contributed by atoms with Crippen LogP contribution in [0.2, 0.25) is 0 Å². The van der Waals surface area contributed by atoms with Crippen molar-refractivity contribution in [3.63, 3.8) is 0 Å². The average molecular weight is 849 g/mol. The summed E-state index contributed by atoms with van der Waals surface area (Å²) < 4.78 is 16.8. The first-order valence-electron chi connectivity index (χ1n) is 27.0. The Morgan fingerprint density at radius 2 is 0.450 bits per heavy atom. The largest absolute Gasteiger partial charge is 0.462 e. The van der Waals surface area contributed by atoms with Gasteiger partial charge in [0, 0.05) is 19.3 Å². The van der Waals surface area contributed by atoms with Crippen molar-refractivity contribution in [2.45, 2.75) is 316 Å². The van der Waals surface area contributed by atoms with Crippen molar-refractivity contribution >= 4 is 17.9 Å². The second-order valence-corrected chi connectivity index (χ2v) is 18.5. The van der Waals surface area contributed by atoms with Gasteiger partial charge in [0.2, 0.25) is 0 Å². The fraction of sp³-hybridized carbons (Fsp3) is 0.944. The molecule has 6 heteroatoms. The van der Waals surface area contributed by atoms with Crippen molar-refractivity contribution in [1.29, 1.82) is 0 Å². The summed E-state index contributed by atoms with van der Waals surface area (Å²) in [6, 6.07) is 0. The molecule has 0 aromatic heterocycles. The van der Waals surface area contributed by atoms with Crippen LogP contribution in [0.4, 0.5) is 0 Å². The highest BCUT2D eigenvalue weighted by Crippen LogP contribution is 2.17. The van der Waals surface area contributed by atoms with Crippen molar-refractivity contribution < 1.29 is 28.6 Å². The SMILES string of the molecule is CCCCCCCCCCCCCCCCCCCC(=O)OC[C@@H](COC(=O)CCCCCCCCCCCC)OC(=O)CCCCCCCCCCCCCCCCC. The Bertz CT molecular complexity index is 889. The molecular weight excluding hydrogens is 745 g/mol. The minimum Gasteiger partial charge on any atom is -0.462 e. The number of carbonyl (C=O) groups is 3. The molecule has 0 aliphatic heterocycles. The molecule has 0 fully saturated rings. The van der Waals surface area contributed by atoms with Crippen LogP contribution >= 0.6 is 0 Å². The van der Waals surface area contributed by atoms with Gasteiger partial charge in [0.15, 0.2) is 6.10 Å². The van der Waals surface area contributed by atoms with E-state index >= 15 is 0 Å². The Labute approximate surface area is 374 Å². The summed E-state index contributed by atoms with van der Waals surface area (Å²) >= 11 is 0. The summed E-state index contributed by atoms with van der Waals surface area (Å²) in [7, 11) is 0. The number of esters is 3. The van der Waals surface area contributed by atoms with Gasteiger partial charge >= 0.3 is 17.9 Å². The molecule has 356 valence electrons. The Hall–Kier alpha value is -1.59. The number of ether oxygens (including phenoxy) is 3. The fourth-order valence-corrected chi connectivity index (χ4v) is 8.27. The van der Waals surface area contributed by atoms with E-state index in [9.17, 15) is 14.4 Å². The molecule has 6 nitrogen and oxygen atoms in total. The second kappa shape index (κ2) is 50.1. The molecule has 0 spiro atoms. The van der Waals surface area contributed by atoms with E-state index < -0.39 is 6.10 Å². The van der Waals surface area contributed by atoms with Gasteiger partial charge in [0.25, 0.3) is 0 Å². The summed E-state index contributed by atoms with van der Waals surface area (Å²) in [6.07, 6.45) is 53.7. The minimum atomic E-state index is -0.759. The fourth-order valence-electron chi connectivity index (χ4n) is 8.27. The lowest BCUT2D eigenvalue weighted by atomic mass is 10.0. The number of carbonyl (C=O) groups excluding carboxylic acids is 3. The highest BCUT2D eigenvalue weighted by Gasteiger charge is 2.19. The van der Waals surface area contributed by atoms with E-state index in [-0.39, 0.29) is 31.1 Å². The molecule has 0 radical (unpaired) electrons. The smallest absolute Gasteiger partial charge is 0.306 e. The van der Waals surface area contributed by atoms with E-state index in [4.69, 9.17) is 14.2 Å². The lowest BCUT2D eigenvalue weighted by Crippen LogP contribution is -2.30. The molecule has 0 saturated heterocycles. The van der Waals surface area contributed by atoms with Crippen molar-refractivity contribution in [1.82, 2.24) is 0 Å². The van der Waals surface area contributed by atoms with Gasteiger partial charge in [-0.05, 0) is 19.3 Å². The predicted octanol–water partition coefficient (Wildman–Crippen LogP) is 17.6. The van der Waals surface area contributed by atoms with E-state index in [1.807, 2.05) is 0 Å². The molecule has 60 heavy (non-hydrogen) atoms. The van der Waals surface area contributed by atoms with Crippen molar-refractivity contribution in [2.24, 2.45) is 0 Å². The Morgan fingerprint density at radius 3 is 0.667 bits per heavy atom. The van der Waals surface area contributed by atoms with Gasteiger partial charge < -0.3 is 14.2 Å². The first-order chi connectivity index (χ1) is 29.5. The third-order valence-electron chi connectivity index (χ3n) is 12.4. The van der Waals surface area contributed by atoms with E-state index in [0.29, 0.717) is 19.3 Å². The van der Waals surface area contributed by atoms with Crippen LogP contribution in [0.3, 0.4) is 0 Å². The zero-order valence-corrected chi connectivity index (χ0v) is 40.8. The van der Waals surface area contributed by atoms with Crippen LogP contribution in [-0.4, -0.2) is 37.2 Å². The maximum absolute atomic E-state index is 12.8. The molecule has 0 bridgehead atoms. The average Bonchev–Trinajstić information content (AvgIpc) is 3.24. The van der Waals surface area contributed by atoms with Gasteiger partial charge in [-0.25, -0.2) is 0 Å². The van der Waals surface area contributed by atoms with Gasteiger partial charge in [-0.1, -0.05) is 271 Å². The zero-order valence-electron chi connectivity index (χ0n) is 40.8. The maximum Gasteiger partial charge on any atom is 0.306 e. The van der Waals surface area contributed by atoms with Crippen LogP contribution in [0.15, 0.2) is 0 Å². The number of hydrogen-bond acceptors (Lipinski definition) is 6. The highest BCUT2D eigenvalue weighted by atomic mass is 16.6. The van der Waals surface area contributed by atoms with Crippen LogP contribution in [-0.2, 0) is 28.6 Å². The first kappa shape index (κ1) is 58.4. The normalized spacial score (nSPS) is 11.8. The summed E-state index contributed by atoms with van der Waals surface area (Å²) in [5.41, 5.74) is 0. The van der Waals surface area contributed by atoms with Crippen LogP contribution in [0, 0.1) is 0 Å². The molecule has 0 N–H and O–H groups in total. The summed E-state index contributed by atoms with van der Waals surface area (Å²) in [5, 5.41) is 0. The Kier molecular flexibility index (Phi) is 48.7. The van der Waals surface area contributed by atoms with Gasteiger partial charge in [0.05, 0.1) is 0 Å². The molecule has 0 unspecified atom stereocenters. The van der Waals surface area contributed by atoms with Crippen LogP contribution in [0.1, 0.15) is 310 Å². The molecule has 0 aliphatic rings. The lowest BCUT2D eigenvalue weighted by Gasteiger charge is -2.18. The molecule has 0 aromatic carbocycles. The third kappa shape index (κ3) is 47.5. The lowest BCUT2D eigenvalue weighted by molar-refractivity contribution is -0.167. The summed E-state index contributed by atoms with van der Waals surface area (Å²) in [6.45, 7) is 6.68. The van der Waals surface area contributed by atoms with E-state index in [0.717, 1.165) is 57.8 Å². The summed E-state index contributed by atoms with van der Waals surface area (Å²) in [4.78, 5) is 37.9. The highest BCUT2D eigenvalue weighted by molar-refractivity contribution is 5.71. The van der Waals surface area contributed by atoms with E-state index in [1.165, 1.54) is 212 Å². The predicted molar refractivity (Wildman–Crippen MR) is 257 cm³/mol. The van der Waals surface area contributed by atoms with Crippen molar-refractivity contribution in [3.05, 3.63) is 0 Å². The van der Waals surface area contributed by atoms with Gasteiger partial charge in [0.1, 0.15) is 13.2 Å². The van der Waals surface area contributed by atoms with Crippen LogP contribution in [0.5, 0.6) is 0 Å². The van der Waals surface area contributed by atoms with Gasteiger partial charge in [-0.15, -0.1) is 0 Å². The molecule has 0 saturated carbocycles. The van der Waals surface area contributed by atoms with E-state index in [2.05, 4.69) is 20.8 Å². The van der Waals surface area contributed by atoms with E-state index in [1.54, 1.807) is 0 Å². The Balaban J connectivity index is 4.25. The summed E-state index contributed by atoms with van der Waals surface area (Å²) in [5.74, 6) is -0.839. The minimum absolute atomic E-state index is 0.0616. The standard InChI is InChI=1S/C54H104O6/c1-4-7-10-13-16-19-22-24-26-27-29-30-32-35-38-41-44-47-53(56)59-50-51(49-58-52(55)46-43-40-37-34-21-18-15-12-9-6-3)60-54(57)48-45-42-39-36-33-31-28-25-23-20-17-14-11-8-5-2/h51H,4-50H2,1-3H3/t51-/m1/s1. The monoisotopic (exact) mass is 849 g/mol. The molecule has 0 aliphatic carbocycles. The number of rotatable bonds is 50.